The number of nitrogens with one attached hydrogen (secondary N) is 1. The number of nitrogens with zero attached hydrogens (tertiary/aromatic N) is 3. The van der Waals surface area contributed by atoms with Gasteiger partial charge in [0.25, 0.3) is 5.91 Å². The molecule has 1 amide bonds. The van der Waals surface area contributed by atoms with Gasteiger partial charge in [-0.1, -0.05) is 13.8 Å². The number of amides is 1. The van der Waals surface area contributed by atoms with Gasteiger partial charge in [-0.05, 0) is 25.0 Å². The number of ether oxygens (including phenoxy) is 2. The molecule has 1 aromatic carbocycles. The van der Waals surface area contributed by atoms with Gasteiger partial charge < -0.3 is 19.7 Å². The lowest BCUT2D eigenvalue weighted by Crippen LogP contribution is -2.33. The van der Waals surface area contributed by atoms with Gasteiger partial charge in [0.2, 0.25) is 0 Å². The van der Waals surface area contributed by atoms with Crippen molar-refractivity contribution < 1.29 is 14.3 Å². The van der Waals surface area contributed by atoms with Gasteiger partial charge in [0, 0.05) is 25.2 Å². The normalized spacial score (nSPS) is 10.3. The van der Waals surface area contributed by atoms with E-state index in [4.69, 9.17) is 9.47 Å². The van der Waals surface area contributed by atoms with Crippen molar-refractivity contribution in [3.05, 3.63) is 36.3 Å². The molecule has 0 radical (unpaired) electrons. The largest absolute Gasteiger partial charge is 0.497 e. The Hall–Kier alpha value is -2.83. The van der Waals surface area contributed by atoms with Crippen molar-refractivity contribution in [1.82, 2.24) is 14.9 Å². The van der Waals surface area contributed by atoms with Crippen LogP contribution in [0.4, 0.5) is 11.5 Å². The highest BCUT2D eigenvalue weighted by molar-refractivity contribution is 5.93. The molecule has 0 atom stereocenters. The fraction of sp³-hybridized carbons (Fsp3) is 0.421. The van der Waals surface area contributed by atoms with Gasteiger partial charge in [0.1, 0.15) is 29.3 Å². The molecule has 0 bridgehead atoms. The molecule has 0 saturated heterocycles. The number of methoxy groups -OCH3 is 2. The summed E-state index contributed by atoms with van der Waals surface area (Å²) in [5.74, 6) is 1.77. The first-order valence-electron chi connectivity index (χ1n) is 8.73. The summed E-state index contributed by atoms with van der Waals surface area (Å²) in [6.07, 6.45) is 3.20. The topological polar surface area (TPSA) is 76.6 Å². The molecule has 1 aromatic heterocycles. The van der Waals surface area contributed by atoms with E-state index in [0.29, 0.717) is 41.8 Å². The van der Waals surface area contributed by atoms with Crippen LogP contribution in [0.3, 0.4) is 0 Å². The zero-order chi connectivity index (χ0) is 18.9. The molecule has 0 aliphatic rings. The van der Waals surface area contributed by atoms with Crippen LogP contribution in [0.15, 0.2) is 30.6 Å². The minimum atomic E-state index is -0.0863. The van der Waals surface area contributed by atoms with Crippen LogP contribution in [0.5, 0.6) is 11.5 Å². The third-order valence-corrected chi connectivity index (χ3v) is 3.83. The highest BCUT2D eigenvalue weighted by Gasteiger charge is 2.17. The first kappa shape index (κ1) is 19.5. The minimum Gasteiger partial charge on any atom is -0.497 e. The third-order valence-electron chi connectivity index (χ3n) is 3.83. The maximum absolute atomic E-state index is 12.7. The number of anilines is 2. The Labute approximate surface area is 154 Å². The molecule has 26 heavy (non-hydrogen) atoms. The number of benzene rings is 1. The van der Waals surface area contributed by atoms with Gasteiger partial charge in [-0.25, -0.2) is 9.97 Å². The van der Waals surface area contributed by atoms with Crippen molar-refractivity contribution in [3.8, 4) is 11.5 Å². The van der Waals surface area contributed by atoms with E-state index in [1.54, 1.807) is 26.4 Å². The fourth-order valence-corrected chi connectivity index (χ4v) is 2.61. The lowest BCUT2D eigenvalue weighted by atomic mass is 10.2. The van der Waals surface area contributed by atoms with Crippen LogP contribution in [-0.2, 0) is 0 Å². The van der Waals surface area contributed by atoms with Crippen molar-refractivity contribution >= 4 is 17.4 Å². The average molecular weight is 358 g/mol. The molecular weight excluding hydrogens is 332 g/mol. The SMILES string of the molecule is CCCN(CCC)C(=O)c1cc(Nc2cc(OC)ccc2OC)ncn1. The first-order valence-corrected chi connectivity index (χ1v) is 8.73. The van der Waals surface area contributed by atoms with Crippen LogP contribution in [-0.4, -0.2) is 48.1 Å². The molecular formula is C19H26N4O3. The van der Waals surface area contributed by atoms with E-state index in [1.807, 2.05) is 17.0 Å². The van der Waals surface area contributed by atoms with Gasteiger partial charge in [0.05, 0.1) is 19.9 Å². The van der Waals surface area contributed by atoms with Gasteiger partial charge in [0.15, 0.2) is 0 Å². The maximum atomic E-state index is 12.7. The number of aromatic nitrogens is 2. The number of carbonyl (C=O) groups is 1. The summed E-state index contributed by atoms with van der Waals surface area (Å²) in [4.78, 5) is 22.9. The lowest BCUT2D eigenvalue weighted by molar-refractivity contribution is 0.0749. The van der Waals surface area contributed by atoms with E-state index in [1.165, 1.54) is 6.33 Å². The molecule has 140 valence electrons. The predicted octanol–water partition coefficient (Wildman–Crippen LogP) is 3.50. The van der Waals surface area contributed by atoms with Crippen LogP contribution >= 0.6 is 0 Å². The molecule has 0 spiro atoms. The lowest BCUT2D eigenvalue weighted by Gasteiger charge is -2.21. The van der Waals surface area contributed by atoms with E-state index in [-0.39, 0.29) is 5.91 Å². The molecule has 0 unspecified atom stereocenters. The number of rotatable bonds is 9. The van der Waals surface area contributed by atoms with Crippen molar-refractivity contribution in [2.24, 2.45) is 0 Å². The quantitative estimate of drug-likeness (QED) is 0.739. The Bertz CT molecular complexity index is 730. The Balaban J connectivity index is 2.25. The summed E-state index contributed by atoms with van der Waals surface area (Å²) in [7, 11) is 3.19. The van der Waals surface area contributed by atoms with E-state index in [9.17, 15) is 4.79 Å². The zero-order valence-electron chi connectivity index (χ0n) is 15.8. The van der Waals surface area contributed by atoms with E-state index in [2.05, 4.69) is 29.1 Å². The standard InChI is InChI=1S/C19H26N4O3/c1-5-9-23(10-6-2)19(24)16-12-18(21-13-20-16)22-15-11-14(25-3)7-8-17(15)26-4/h7-8,11-13H,5-6,9-10H2,1-4H3,(H,20,21,22). The minimum absolute atomic E-state index is 0.0863. The summed E-state index contributed by atoms with van der Waals surface area (Å²) < 4.78 is 10.6. The van der Waals surface area contributed by atoms with Crippen molar-refractivity contribution in [3.63, 3.8) is 0 Å². The van der Waals surface area contributed by atoms with Gasteiger partial charge >= 0.3 is 0 Å². The second kappa shape index (κ2) is 9.60. The van der Waals surface area contributed by atoms with E-state index >= 15 is 0 Å². The predicted molar refractivity (Wildman–Crippen MR) is 101 cm³/mol. The van der Waals surface area contributed by atoms with Crippen molar-refractivity contribution in [1.29, 1.82) is 0 Å². The Morgan fingerprint density at radius 2 is 1.81 bits per heavy atom. The van der Waals surface area contributed by atoms with Crippen molar-refractivity contribution in [2.75, 3.05) is 32.6 Å². The van der Waals surface area contributed by atoms with Gasteiger partial charge in [-0.2, -0.15) is 0 Å². The molecule has 2 aromatic rings. The van der Waals surface area contributed by atoms with E-state index < -0.39 is 0 Å². The highest BCUT2D eigenvalue weighted by atomic mass is 16.5. The first-order chi connectivity index (χ1) is 12.6. The molecule has 7 nitrogen and oxygen atoms in total. The Kier molecular flexibility index (Phi) is 7.20. The average Bonchev–Trinajstić information content (AvgIpc) is 2.67. The second-order valence-corrected chi connectivity index (χ2v) is 5.77. The van der Waals surface area contributed by atoms with Crippen LogP contribution < -0.4 is 14.8 Å². The molecule has 1 heterocycles. The number of hydrogen-bond donors (Lipinski definition) is 1. The fourth-order valence-electron chi connectivity index (χ4n) is 2.61. The highest BCUT2D eigenvalue weighted by Crippen LogP contribution is 2.31. The van der Waals surface area contributed by atoms with E-state index in [0.717, 1.165) is 12.8 Å². The summed E-state index contributed by atoms with van der Waals surface area (Å²) in [6.45, 7) is 5.53. The number of hydrogen-bond acceptors (Lipinski definition) is 6. The summed E-state index contributed by atoms with van der Waals surface area (Å²) >= 11 is 0. The Morgan fingerprint density at radius 1 is 1.08 bits per heavy atom. The second-order valence-electron chi connectivity index (χ2n) is 5.77. The molecule has 7 heteroatoms. The third kappa shape index (κ3) is 4.84. The zero-order valence-corrected chi connectivity index (χ0v) is 15.8. The maximum Gasteiger partial charge on any atom is 0.272 e. The summed E-state index contributed by atoms with van der Waals surface area (Å²) in [5, 5.41) is 3.17. The van der Waals surface area contributed by atoms with Gasteiger partial charge in [-0.15, -0.1) is 0 Å². The monoisotopic (exact) mass is 358 g/mol. The molecule has 0 aliphatic heterocycles. The molecule has 2 rings (SSSR count). The molecule has 0 aliphatic carbocycles. The Morgan fingerprint density at radius 3 is 2.42 bits per heavy atom. The smallest absolute Gasteiger partial charge is 0.272 e. The van der Waals surface area contributed by atoms with Crippen LogP contribution in [0.2, 0.25) is 0 Å². The van der Waals surface area contributed by atoms with Crippen LogP contribution in [0.1, 0.15) is 37.2 Å². The van der Waals surface area contributed by atoms with Crippen molar-refractivity contribution in [2.45, 2.75) is 26.7 Å². The summed E-state index contributed by atoms with van der Waals surface area (Å²) in [5.41, 5.74) is 1.06. The van der Waals surface area contributed by atoms with Crippen LogP contribution in [0, 0.1) is 0 Å². The molecule has 0 fully saturated rings. The molecule has 1 N–H and O–H groups in total. The van der Waals surface area contributed by atoms with Crippen LogP contribution in [0.25, 0.3) is 0 Å². The van der Waals surface area contributed by atoms with Gasteiger partial charge in [-0.3, -0.25) is 4.79 Å². The number of carbonyl (C=O) groups excluding carboxylic acids is 1. The summed E-state index contributed by atoms with van der Waals surface area (Å²) in [6, 6.07) is 7.08. The molecule has 0 saturated carbocycles.